The van der Waals surface area contributed by atoms with Crippen LogP contribution in [0, 0.1) is 0 Å². The number of unbranched alkanes of at least 4 members (excludes halogenated alkanes) is 9. The van der Waals surface area contributed by atoms with Crippen LogP contribution in [0.2, 0.25) is 0 Å². The third-order valence-corrected chi connectivity index (χ3v) is 8.58. The van der Waals surface area contributed by atoms with Gasteiger partial charge in [-0.1, -0.05) is 158 Å². The molecule has 33 heavy (non-hydrogen) atoms. The fourth-order valence-corrected chi connectivity index (χ4v) is 6.56. The Labute approximate surface area is 214 Å². The van der Waals surface area contributed by atoms with E-state index in [4.69, 9.17) is 0 Å². The van der Waals surface area contributed by atoms with Gasteiger partial charge in [0.25, 0.3) is 0 Å². The summed E-state index contributed by atoms with van der Waals surface area (Å²) in [5.74, 6) is 1.17. The lowest BCUT2D eigenvalue weighted by atomic mass is 9.84. The van der Waals surface area contributed by atoms with Crippen LogP contribution in [0.25, 0.3) is 0 Å². The lowest BCUT2D eigenvalue weighted by molar-refractivity contribution is 0.564. The van der Waals surface area contributed by atoms with Gasteiger partial charge in [0, 0.05) is 5.33 Å². The molecule has 0 atom stereocenters. The third-order valence-electron chi connectivity index (χ3n) is 6.39. The van der Waals surface area contributed by atoms with E-state index in [1.807, 2.05) is 0 Å². The van der Waals surface area contributed by atoms with E-state index < -0.39 is 0 Å². The molecule has 2 heteroatoms. The first-order chi connectivity index (χ1) is 16.4. The molecule has 3 aromatic rings. The van der Waals surface area contributed by atoms with Gasteiger partial charge in [0.1, 0.15) is 0 Å². The first kappa shape index (κ1) is 26.1. The molecule has 0 nitrogen and oxygen atoms in total. The number of alkyl halides is 1. The highest BCUT2D eigenvalue weighted by Gasteiger charge is 2.36. The monoisotopic (exact) mass is 522 g/mol. The van der Waals surface area contributed by atoms with Gasteiger partial charge in [-0.05, 0) is 35.3 Å². The summed E-state index contributed by atoms with van der Waals surface area (Å²) in [6, 6.07) is 33.2. The fourth-order valence-electron chi connectivity index (χ4n) is 4.60. The van der Waals surface area contributed by atoms with Crippen LogP contribution in [0.15, 0.2) is 91.0 Å². The minimum absolute atomic E-state index is 0.168. The molecule has 0 aliphatic heterocycles. The minimum atomic E-state index is -0.168. The van der Waals surface area contributed by atoms with Crippen LogP contribution < -0.4 is 0 Å². The lowest BCUT2D eigenvalue weighted by Crippen LogP contribution is -2.26. The number of hydrogen-bond acceptors (Lipinski definition) is 1. The average molecular weight is 524 g/mol. The van der Waals surface area contributed by atoms with Crippen molar-refractivity contribution < 1.29 is 0 Å². The zero-order valence-electron chi connectivity index (χ0n) is 19.9. The second kappa shape index (κ2) is 15.4. The van der Waals surface area contributed by atoms with E-state index >= 15 is 0 Å². The van der Waals surface area contributed by atoms with Crippen molar-refractivity contribution in [1.82, 2.24) is 0 Å². The summed E-state index contributed by atoms with van der Waals surface area (Å²) in [7, 11) is 0. The predicted molar refractivity (Wildman–Crippen MR) is 152 cm³/mol. The first-order valence-corrected chi connectivity index (χ1v) is 14.8. The highest BCUT2D eigenvalue weighted by Crippen LogP contribution is 2.48. The van der Waals surface area contributed by atoms with Crippen LogP contribution in [-0.4, -0.2) is 11.1 Å². The summed E-state index contributed by atoms with van der Waals surface area (Å²) in [4.78, 5) is 0. The molecule has 0 aliphatic rings. The molecule has 0 heterocycles. The Morgan fingerprint density at radius 1 is 0.455 bits per heavy atom. The van der Waals surface area contributed by atoms with Gasteiger partial charge in [-0.3, -0.25) is 0 Å². The quantitative estimate of drug-likeness (QED) is 0.102. The van der Waals surface area contributed by atoms with Crippen molar-refractivity contribution in [3.8, 4) is 0 Å². The molecule has 0 bridgehead atoms. The van der Waals surface area contributed by atoms with Crippen molar-refractivity contribution in [3.63, 3.8) is 0 Å². The Hall–Kier alpha value is -1.51. The number of hydrogen-bond donors (Lipinski definition) is 0. The fraction of sp³-hybridized carbons (Fsp3) is 0.419. The molecule has 0 radical (unpaired) electrons. The number of thioether (sulfide) groups is 1. The molecule has 0 aromatic heterocycles. The van der Waals surface area contributed by atoms with E-state index in [1.54, 1.807) is 0 Å². The maximum Gasteiger partial charge on any atom is 0.0906 e. The molecule has 0 unspecified atom stereocenters. The summed E-state index contributed by atoms with van der Waals surface area (Å²) in [6.07, 6.45) is 13.7. The highest BCUT2D eigenvalue weighted by molar-refractivity contribution is 9.09. The molecule has 0 spiro atoms. The topological polar surface area (TPSA) is 0 Å². The zero-order chi connectivity index (χ0) is 23.0. The van der Waals surface area contributed by atoms with Crippen molar-refractivity contribution in [2.45, 2.75) is 69.0 Å². The van der Waals surface area contributed by atoms with Crippen molar-refractivity contribution in [1.29, 1.82) is 0 Å². The van der Waals surface area contributed by atoms with Crippen LogP contribution >= 0.6 is 27.7 Å². The van der Waals surface area contributed by atoms with E-state index in [0.717, 1.165) is 5.33 Å². The van der Waals surface area contributed by atoms with E-state index in [2.05, 4.69) is 119 Å². The molecule has 0 N–H and O–H groups in total. The van der Waals surface area contributed by atoms with E-state index in [-0.39, 0.29) is 4.75 Å². The van der Waals surface area contributed by atoms with Crippen LogP contribution in [0.5, 0.6) is 0 Å². The molecule has 176 valence electrons. The lowest BCUT2D eigenvalue weighted by Gasteiger charge is -2.35. The van der Waals surface area contributed by atoms with Crippen molar-refractivity contribution in [2.75, 3.05) is 11.1 Å². The summed E-state index contributed by atoms with van der Waals surface area (Å²) < 4.78 is -0.168. The minimum Gasteiger partial charge on any atom is -0.141 e. The maximum atomic E-state index is 3.52. The normalized spacial score (nSPS) is 11.5. The van der Waals surface area contributed by atoms with Gasteiger partial charge in [-0.25, -0.2) is 0 Å². The third kappa shape index (κ3) is 8.04. The largest absolute Gasteiger partial charge is 0.141 e. The van der Waals surface area contributed by atoms with Crippen molar-refractivity contribution in [2.24, 2.45) is 0 Å². The zero-order valence-corrected chi connectivity index (χ0v) is 22.3. The maximum absolute atomic E-state index is 3.52. The van der Waals surface area contributed by atoms with Crippen molar-refractivity contribution >= 4 is 27.7 Å². The Bertz CT molecular complexity index is 767. The summed E-state index contributed by atoms with van der Waals surface area (Å²) in [5, 5.41) is 1.16. The van der Waals surface area contributed by atoms with Crippen LogP contribution in [0.1, 0.15) is 80.9 Å². The molecular weight excluding hydrogens is 484 g/mol. The van der Waals surface area contributed by atoms with Crippen LogP contribution in [-0.2, 0) is 4.75 Å². The predicted octanol–water partition coefficient (Wildman–Crippen LogP) is 10.0. The first-order valence-electron chi connectivity index (χ1n) is 12.7. The number of rotatable bonds is 16. The van der Waals surface area contributed by atoms with Gasteiger partial charge in [0.2, 0.25) is 0 Å². The van der Waals surface area contributed by atoms with E-state index in [1.165, 1.54) is 86.7 Å². The molecule has 0 saturated heterocycles. The van der Waals surface area contributed by atoms with E-state index in [9.17, 15) is 0 Å². The second-order valence-electron chi connectivity index (χ2n) is 8.85. The summed E-state index contributed by atoms with van der Waals surface area (Å²) >= 11 is 5.63. The summed E-state index contributed by atoms with van der Waals surface area (Å²) in [6.45, 7) is 0. The SMILES string of the molecule is BrCCCCCCCCCCCCSC(c1ccccc1)(c1ccccc1)c1ccccc1. The Balaban J connectivity index is 1.59. The molecular formula is C31H39BrS. The molecule has 3 rings (SSSR count). The van der Waals surface area contributed by atoms with Gasteiger partial charge in [0.15, 0.2) is 0 Å². The van der Waals surface area contributed by atoms with Gasteiger partial charge >= 0.3 is 0 Å². The molecule has 0 saturated carbocycles. The van der Waals surface area contributed by atoms with Gasteiger partial charge < -0.3 is 0 Å². The molecule has 3 aromatic carbocycles. The Morgan fingerprint density at radius 2 is 0.788 bits per heavy atom. The van der Waals surface area contributed by atoms with E-state index in [0.29, 0.717) is 0 Å². The standard InChI is InChI=1S/C31H39BrS/c32-26-18-7-5-3-1-2-4-6-8-19-27-33-31(28-20-12-9-13-21-28,29-22-14-10-15-23-29)30-24-16-11-17-25-30/h9-17,20-25H,1-8,18-19,26-27H2. The van der Waals surface area contributed by atoms with Crippen LogP contribution in [0.4, 0.5) is 0 Å². The summed E-state index contributed by atoms with van der Waals surface area (Å²) in [5.41, 5.74) is 4.10. The Morgan fingerprint density at radius 3 is 1.15 bits per heavy atom. The number of halogens is 1. The van der Waals surface area contributed by atoms with Crippen molar-refractivity contribution in [3.05, 3.63) is 108 Å². The smallest absolute Gasteiger partial charge is 0.0906 e. The average Bonchev–Trinajstić information content (AvgIpc) is 2.89. The Kier molecular flexibility index (Phi) is 12.2. The second-order valence-corrected chi connectivity index (χ2v) is 11.0. The number of benzene rings is 3. The molecule has 0 fully saturated rings. The van der Waals surface area contributed by atoms with Crippen LogP contribution in [0.3, 0.4) is 0 Å². The van der Waals surface area contributed by atoms with Gasteiger partial charge in [-0.15, -0.1) is 11.8 Å². The molecule has 0 amide bonds. The van der Waals surface area contributed by atoms with Gasteiger partial charge in [0.05, 0.1) is 4.75 Å². The molecule has 0 aliphatic carbocycles. The van der Waals surface area contributed by atoms with Gasteiger partial charge in [-0.2, -0.15) is 0 Å². The highest BCUT2D eigenvalue weighted by atomic mass is 79.9.